The minimum Gasteiger partial charge on any atom is -0.408 e. The molecule has 0 aliphatic carbocycles. The summed E-state index contributed by atoms with van der Waals surface area (Å²) >= 11 is 0. The summed E-state index contributed by atoms with van der Waals surface area (Å²) in [5, 5.41) is 0.229. The first-order chi connectivity index (χ1) is 8.10. The van der Waals surface area contributed by atoms with Gasteiger partial charge in [-0.1, -0.05) is 34.6 Å². The topological polar surface area (TPSA) is 27.7 Å². The van der Waals surface area contributed by atoms with Crippen LogP contribution >= 0.6 is 0 Å². The zero-order valence-corrected chi connectivity index (χ0v) is 13.9. The molecule has 0 aromatic rings. The van der Waals surface area contributed by atoms with E-state index in [0.717, 1.165) is 0 Å². The van der Waals surface area contributed by atoms with Crippen LogP contribution in [0.4, 0.5) is 0 Å². The van der Waals surface area contributed by atoms with Gasteiger partial charge in [0.05, 0.1) is 13.2 Å². The van der Waals surface area contributed by atoms with Crippen molar-refractivity contribution in [1.29, 1.82) is 0 Å². The Labute approximate surface area is 112 Å². The van der Waals surface area contributed by atoms with Gasteiger partial charge in [-0.3, -0.25) is 0 Å². The van der Waals surface area contributed by atoms with Gasteiger partial charge in [-0.15, -0.1) is 0 Å². The van der Waals surface area contributed by atoms with Crippen molar-refractivity contribution in [1.82, 2.24) is 0 Å². The molecular weight excluding hydrogens is 244 g/mol. The largest absolute Gasteiger partial charge is 0.408 e. The fourth-order valence-electron chi connectivity index (χ4n) is 2.55. The summed E-state index contributed by atoms with van der Waals surface area (Å²) in [6, 6.07) is 0. The van der Waals surface area contributed by atoms with Gasteiger partial charge in [0.25, 0.3) is 0 Å². The van der Waals surface area contributed by atoms with Crippen LogP contribution in [-0.4, -0.2) is 39.3 Å². The minimum atomic E-state index is -1.77. The fraction of sp³-hybridized carbons (Fsp3) is 1.00. The summed E-state index contributed by atoms with van der Waals surface area (Å²) in [5.41, 5.74) is -0.208. The van der Waals surface area contributed by atoms with Gasteiger partial charge in [-0.2, -0.15) is 0 Å². The Morgan fingerprint density at radius 3 is 2.28 bits per heavy atom. The summed E-state index contributed by atoms with van der Waals surface area (Å²) in [7, 11) is -1.77. The maximum atomic E-state index is 6.60. The molecule has 106 valence electrons. The number of ether oxygens (including phenoxy) is 2. The Kier molecular flexibility index (Phi) is 3.47. The number of hydrogen-bond acceptors (Lipinski definition) is 3. The second-order valence-corrected chi connectivity index (χ2v) is 12.3. The van der Waals surface area contributed by atoms with E-state index in [4.69, 9.17) is 13.9 Å². The van der Waals surface area contributed by atoms with Crippen molar-refractivity contribution in [2.75, 3.05) is 13.2 Å². The van der Waals surface area contributed by atoms with Gasteiger partial charge in [0, 0.05) is 0 Å². The van der Waals surface area contributed by atoms with Crippen LogP contribution in [0.25, 0.3) is 0 Å². The van der Waals surface area contributed by atoms with E-state index >= 15 is 0 Å². The average molecular weight is 272 g/mol. The highest BCUT2D eigenvalue weighted by Gasteiger charge is 2.61. The second-order valence-electron chi connectivity index (χ2n) is 7.57. The highest BCUT2D eigenvalue weighted by molar-refractivity contribution is 6.74. The third-order valence-corrected chi connectivity index (χ3v) is 9.52. The molecule has 0 unspecified atom stereocenters. The van der Waals surface area contributed by atoms with Gasteiger partial charge in [0.15, 0.2) is 8.32 Å². The molecule has 2 aliphatic rings. The normalized spacial score (nSPS) is 36.7. The fourth-order valence-corrected chi connectivity index (χ4v) is 3.89. The Morgan fingerprint density at radius 1 is 1.28 bits per heavy atom. The Morgan fingerprint density at radius 2 is 1.89 bits per heavy atom. The first-order valence-corrected chi connectivity index (χ1v) is 9.94. The molecule has 18 heavy (non-hydrogen) atoms. The number of rotatable bonds is 3. The van der Waals surface area contributed by atoms with E-state index in [0.29, 0.717) is 19.1 Å². The maximum absolute atomic E-state index is 6.60. The van der Waals surface area contributed by atoms with Crippen molar-refractivity contribution in [3.63, 3.8) is 0 Å². The van der Waals surface area contributed by atoms with Gasteiger partial charge in [0.1, 0.15) is 17.8 Å². The predicted molar refractivity (Wildman–Crippen MR) is 75.3 cm³/mol. The van der Waals surface area contributed by atoms with E-state index in [1.165, 1.54) is 0 Å². The molecule has 0 amide bonds. The first-order valence-electron chi connectivity index (χ1n) is 7.03. The van der Waals surface area contributed by atoms with E-state index in [2.05, 4.69) is 47.7 Å². The molecule has 3 nitrogen and oxygen atoms in total. The van der Waals surface area contributed by atoms with Crippen LogP contribution in [0.15, 0.2) is 0 Å². The number of fused-ring (bicyclic) bond motifs is 2. The zero-order valence-electron chi connectivity index (χ0n) is 12.9. The van der Waals surface area contributed by atoms with Crippen molar-refractivity contribution in [2.24, 2.45) is 5.92 Å². The van der Waals surface area contributed by atoms with Crippen LogP contribution in [-0.2, 0) is 13.9 Å². The standard InChI is InChI=1S/C14H28O3Si/c1-10(2)14-9-15-11(8-16-14)12(14)17-18(6,7)13(3,4)5/h10-12H,8-9H2,1-7H3/t11-,12+,14+/m0/s1. The van der Waals surface area contributed by atoms with Crippen molar-refractivity contribution in [2.45, 2.75) is 70.6 Å². The van der Waals surface area contributed by atoms with Crippen LogP contribution in [0, 0.1) is 5.92 Å². The minimum absolute atomic E-state index is 0.124. The van der Waals surface area contributed by atoms with Gasteiger partial charge in [0.2, 0.25) is 0 Å². The van der Waals surface area contributed by atoms with E-state index in [-0.39, 0.29) is 22.8 Å². The average Bonchev–Trinajstić information content (AvgIpc) is 2.72. The molecule has 0 saturated carbocycles. The van der Waals surface area contributed by atoms with Crippen molar-refractivity contribution in [3.05, 3.63) is 0 Å². The molecule has 0 spiro atoms. The second kappa shape index (κ2) is 4.30. The highest BCUT2D eigenvalue weighted by Crippen LogP contribution is 2.47. The van der Waals surface area contributed by atoms with Crippen LogP contribution < -0.4 is 0 Å². The van der Waals surface area contributed by atoms with Crippen LogP contribution in [0.1, 0.15) is 34.6 Å². The van der Waals surface area contributed by atoms with E-state index in [9.17, 15) is 0 Å². The molecule has 2 fully saturated rings. The summed E-state index contributed by atoms with van der Waals surface area (Å²) in [6.45, 7) is 17.2. The van der Waals surface area contributed by atoms with E-state index in [1.54, 1.807) is 0 Å². The molecule has 0 aromatic carbocycles. The third-order valence-electron chi connectivity index (χ3n) is 5.06. The Hall–Kier alpha value is 0.0969. The highest BCUT2D eigenvalue weighted by atomic mass is 28.4. The lowest BCUT2D eigenvalue weighted by atomic mass is 9.87. The molecule has 0 aromatic heterocycles. The summed E-state index contributed by atoms with van der Waals surface area (Å²) in [6.07, 6.45) is 0.264. The molecule has 0 N–H and O–H groups in total. The lowest BCUT2D eigenvalue weighted by Crippen LogP contribution is -2.53. The molecule has 0 radical (unpaired) electrons. The lowest BCUT2D eigenvalue weighted by Gasteiger charge is -2.42. The quantitative estimate of drug-likeness (QED) is 0.738. The van der Waals surface area contributed by atoms with E-state index in [1.807, 2.05) is 0 Å². The molecular formula is C14H28O3Si. The van der Waals surface area contributed by atoms with Crippen molar-refractivity contribution >= 4 is 8.32 Å². The maximum Gasteiger partial charge on any atom is 0.192 e. The molecule has 2 heterocycles. The van der Waals surface area contributed by atoms with Gasteiger partial charge in [-0.05, 0) is 24.1 Å². The van der Waals surface area contributed by atoms with Crippen LogP contribution in [0.5, 0.6) is 0 Å². The van der Waals surface area contributed by atoms with Crippen LogP contribution in [0.2, 0.25) is 18.1 Å². The van der Waals surface area contributed by atoms with Gasteiger partial charge >= 0.3 is 0 Å². The smallest absolute Gasteiger partial charge is 0.192 e. The van der Waals surface area contributed by atoms with Crippen molar-refractivity contribution in [3.8, 4) is 0 Å². The zero-order chi connectivity index (χ0) is 13.8. The SMILES string of the molecule is CC(C)[C@@]12CO[C@@H](CO1)[C@H]2O[Si](C)(C)C(C)(C)C. The molecule has 2 aliphatic heterocycles. The Balaban J connectivity index is 2.19. The first kappa shape index (κ1) is 14.5. The molecule has 2 saturated heterocycles. The van der Waals surface area contributed by atoms with Crippen molar-refractivity contribution < 1.29 is 13.9 Å². The monoisotopic (exact) mass is 272 g/mol. The summed E-state index contributed by atoms with van der Waals surface area (Å²) in [5.74, 6) is 0.430. The van der Waals surface area contributed by atoms with Gasteiger partial charge < -0.3 is 13.9 Å². The lowest BCUT2D eigenvalue weighted by molar-refractivity contribution is -0.123. The summed E-state index contributed by atoms with van der Waals surface area (Å²) < 4.78 is 18.5. The molecule has 2 bridgehead atoms. The molecule has 3 atom stereocenters. The van der Waals surface area contributed by atoms with E-state index < -0.39 is 8.32 Å². The third kappa shape index (κ3) is 2.07. The summed E-state index contributed by atoms with van der Waals surface area (Å²) in [4.78, 5) is 0. The van der Waals surface area contributed by atoms with Gasteiger partial charge in [-0.25, -0.2) is 0 Å². The number of hydrogen-bond donors (Lipinski definition) is 0. The van der Waals surface area contributed by atoms with Crippen LogP contribution in [0.3, 0.4) is 0 Å². The molecule has 4 heteroatoms. The predicted octanol–water partition coefficient (Wildman–Crippen LogP) is 3.20. The molecule has 2 rings (SSSR count). The Bertz CT molecular complexity index is 311.